The number of likely N-dealkylation sites (tertiary alicyclic amines) is 1. The summed E-state index contributed by atoms with van der Waals surface area (Å²) in [6, 6.07) is 15.4. The van der Waals surface area contributed by atoms with E-state index in [2.05, 4.69) is 16.0 Å². The van der Waals surface area contributed by atoms with Crippen LogP contribution in [0.4, 0.5) is 11.5 Å². The topological polar surface area (TPSA) is 107 Å². The van der Waals surface area contributed by atoms with Crippen molar-refractivity contribution in [1.82, 2.24) is 9.88 Å². The van der Waals surface area contributed by atoms with Gasteiger partial charge in [-0.1, -0.05) is 43.5 Å². The minimum absolute atomic E-state index is 0.00690. The highest BCUT2D eigenvalue weighted by Gasteiger charge is 2.38. The standard InChI is InChI=1S/C36H46N4O5/c1-3-39(33(41)24-36(25-34(42)43)18-7-4-8-19-36)30-11-6-5-10-28(30)15-20-38-21-16-29(17-22-38)40(32-14-13-27(2)26-37-32)35(44)31-12-9-23-45-31/h5-6,9-14,23,26,29H,3-4,7-8,15-22,24-25H2,1-2H3,(H,42,43). The summed E-state index contributed by atoms with van der Waals surface area (Å²) in [4.78, 5) is 49.6. The van der Waals surface area contributed by atoms with Crippen molar-refractivity contribution < 1.29 is 23.9 Å². The first-order valence-corrected chi connectivity index (χ1v) is 16.4. The zero-order chi connectivity index (χ0) is 31.8. The van der Waals surface area contributed by atoms with E-state index in [4.69, 9.17) is 4.42 Å². The van der Waals surface area contributed by atoms with Gasteiger partial charge in [-0.3, -0.25) is 19.3 Å². The summed E-state index contributed by atoms with van der Waals surface area (Å²) in [6.45, 7) is 7.03. The minimum atomic E-state index is -0.819. The first-order chi connectivity index (χ1) is 21.8. The largest absolute Gasteiger partial charge is 0.481 e. The van der Waals surface area contributed by atoms with E-state index in [1.54, 1.807) is 23.2 Å². The van der Waals surface area contributed by atoms with Crippen molar-refractivity contribution in [2.45, 2.75) is 84.1 Å². The summed E-state index contributed by atoms with van der Waals surface area (Å²) in [5.74, 6) is -0.0345. The molecule has 45 heavy (non-hydrogen) atoms. The third kappa shape index (κ3) is 8.00. The second-order valence-corrected chi connectivity index (χ2v) is 12.7. The average molecular weight is 615 g/mol. The van der Waals surface area contributed by atoms with Gasteiger partial charge in [-0.25, -0.2) is 4.98 Å². The fourth-order valence-corrected chi connectivity index (χ4v) is 7.18. The highest BCUT2D eigenvalue weighted by atomic mass is 16.4. The lowest BCUT2D eigenvalue weighted by Crippen LogP contribution is -2.48. The van der Waals surface area contributed by atoms with Crippen molar-refractivity contribution in [3.63, 3.8) is 0 Å². The third-order valence-electron chi connectivity index (χ3n) is 9.58. The van der Waals surface area contributed by atoms with Crippen molar-refractivity contribution in [3.05, 3.63) is 77.9 Å². The van der Waals surface area contributed by atoms with Crippen molar-refractivity contribution in [1.29, 1.82) is 0 Å². The smallest absolute Gasteiger partial charge is 0.303 e. The summed E-state index contributed by atoms with van der Waals surface area (Å²) >= 11 is 0. The molecule has 240 valence electrons. The molecular weight excluding hydrogens is 568 g/mol. The maximum atomic E-state index is 13.7. The van der Waals surface area contributed by atoms with Gasteiger partial charge in [0.2, 0.25) is 5.91 Å². The average Bonchev–Trinajstić information content (AvgIpc) is 3.58. The Balaban J connectivity index is 1.23. The Hall–Kier alpha value is -3.98. The maximum absolute atomic E-state index is 13.7. The minimum Gasteiger partial charge on any atom is -0.481 e. The first-order valence-electron chi connectivity index (χ1n) is 16.4. The normalized spacial score (nSPS) is 17.1. The van der Waals surface area contributed by atoms with Gasteiger partial charge in [-0.15, -0.1) is 0 Å². The van der Waals surface area contributed by atoms with Crippen molar-refractivity contribution in [2.75, 3.05) is 36.0 Å². The van der Waals surface area contributed by atoms with Crippen LogP contribution in [0.5, 0.6) is 0 Å². The van der Waals surface area contributed by atoms with Crippen molar-refractivity contribution in [2.24, 2.45) is 5.41 Å². The van der Waals surface area contributed by atoms with Gasteiger partial charge in [0, 0.05) is 50.5 Å². The predicted octanol–water partition coefficient (Wildman–Crippen LogP) is 6.51. The van der Waals surface area contributed by atoms with E-state index >= 15 is 0 Å². The molecule has 2 amide bonds. The molecule has 1 aliphatic carbocycles. The van der Waals surface area contributed by atoms with Crippen LogP contribution < -0.4 is 9.80 Å². The molecular formula is C36H46N4O5. The number of anilines is 2. The summed E-state index contributed by atoms with van der Waals surface area (Å²) < 4.78 is 5.46. The highest BCUT2D eigenvalue weighted by Crippen LogP contribution is 2.43. The van der Waals surface area contributed by atoms with E-state index < -0.39 is 11.4 Å². The highest BCUT2D eigenvalue weighted by molar-refractivity contribution is 6.04. The number of aryl methyl sites for hydroxylation is 1. The van der Waals surface area contributed by atoms with Gasteiger partial charge in [-0.2, -0.15) is 0 Å². The number of para-hydroxylation sites is 1. The molecule has 2 aromatic heterocycles. The fourth-order valence-electron chi connectivity index (χ4n) is 7.18. The van der Waals surface area contributed by atoms with E-state index in [-0.39, 0.29) is 30.7 Å². The monoisotopic (exact) mass is 614 g/mol. The number of hydrogen-bond acceptors (Lipinski definition) is 6. The maximum Gasteiger partial charge on any atom is 0.303 e. The van der Waals surface area contributed by atoms with Crippen LogP contribution in [0, 0.1) is 12.3 Å². The molecule has 0 unspecified atom stereocenters. The molecule has 1 N–H and O–H groups in total. The Morgan fingerprint density at radius 3 is 2.40 bits per heavy atom. The van der Waals surface area contributed by atoms with Crippen LogP contribution in [0.15, 0.2) is 65.4 Å². The number of aromatic nitrogens is 1. The molecule has 9 nitrogen and oxygen atoms in total. The van der Waals surface area contributed by atoms with Crippen LogP contribution >= 0.6 is 0 Å². The molecule has 0 atom stereocenters. The third-order valence-corrected chi connectivity index (χ3v) is 9.58. The molecule has 2 aliphatic rings. The van der Waals surface area contributed by atoms with Gasteiger partial charge < -0.3 is 19.3 Å². The number of aliphatic carboxylic acids is 1. The van der Waals surface area contributed by atoms with Crippen LogP contribution in [0.1, 0.15) is 86.4 Å². The first kappa shape index (κ1) is 32.4. The Bertz CT molecular complexity index is 1420. The van der Waals surface area contributed by atoms with Crippen LogP contribution in [0.3, 0.4) is 0 Å². The van der Waals surface area contributed by atoms with Crippen molar-refractivity contribution >= 4 is 29.3 Å². The van der Waals surface area contributed by atoms with E-state index in [1.165, 1.54) is 6.26 Å². The molecule has 1 saturated heterocycles. The van der Waals surface area contributed by atoms with E-state index in [1.807, 2.05) is 49.1 Å². The number of carbonyl (C=O) groups excluding carboxylic acids is 2. The molecule has 1 aromatic carbocycles. The number of nitrogens with zero attached hydrogens (tertiary/aromatic N) is 4. The number of piperidine rings is 1. The number of rotatable bonds is 12. The Morgan fingerprint density at radius 2 is 1.76 bits per heavy atom. The summed E-state index contributed by atoms with van der Waals surface area (Å²) in [5, 5.41) is 9.62. The Labute approximate surface area is 266 Å². The number of carboxylic acid groups (broad SMARTS) is 1. The van der Waals surface area contributed by atoms with Crippen LogP contribution in [-0.2, 0) is 16.0 Å². The molecule has 9 heteroatoms. The second kappa shape index (κ2) is 14.9. The summed E-state index contributed by atoms with van der Waals surface area (Å²) in [7, 11) is 0. The zero-order valence-corrected chi connectivity index (χ0v) is 26.6. The predicted molar refractivity (Wildman–Crippen MR) is 175 cm³/mol. The molecule has 0 bridgehead atoms. The number of carbonyl (C=O) groups is 3. The summed E-state index contributed by atoms with van der Waals surface area (Å²) in [6.07, 6.45) is 10.7. The summed E-state index contributed by atoms with van der Waals surface area (Å²) in [5.41, 5.74) is 2.62. The van der Waals surface area contributed by atoms with E-state index in [9.17, 15) is 19.5 Å². The molecule has 0 spiro atoms. The molecule has 5 rings (SSSR count). The molecule has 3 heterocycles. The van der Waals surface area contributed by atoms with E-state index in [0.717, 1.165) is 87.8 Å². The molecule has 1 aliphatic heterocycles. The van der Waals surface area contributed by atoms with Gasteiger partial charge in [0.05, 0.1) is 12.7 Å². The lowest BCUT2D eigenvalue weighted by molar-refractivity contribution is -0.141. The fraction of sp³-hybridized carbons (Fsp3) is 0.500. The lowest BCUT2D eigenvalue weighted by atomic mass is 9.69. The lowest BCUT2D eigenvalue weighted by Gasteiger charge is -2.38. The number of carboxylic acids is 1. The number of amides is 2. The Kier molecular flexibility index (Phi) is 10.7. The number of furan rings is 1. The van der Waals surface area contributed by atoms with Crippen LogP contribution in [0.25, 0.3) is 0 Å². The van der Waals surface area contributed by atoms with Gasteiger partial charge in [0.15, 0.2) is 5.76 Å². The molecule has 2 fully saturated rings. The van der Waals surface area contributed by atoms with Gasteiger partial charge in [-0.05, 0) is 86.8 Å². The molecule has 3 aromatic rings. The molecule has 1 saturated carbocycles. The van der Waals surface area contributed by atoms with Gasteiger partial charge >= 0.3 is 5.97 Å². The van der Waals surface area contributed by atoms with Gasteiger partial charge in [0.1, 0.15) is 5.82 Å². The second-order valence-electron chi connectivity index (χ2n) is 12.7. The number of benzene rings is 1. The SMILES string of the molecule is CCN(C(=O)CC1(CC(=O)O)CCCCC1)c1ccccc1CCN1CCC(N(C(=O)c2ccco2)c2ccc(C)cn2)CC1. The zero-order valence-electron chi connectivity index (χ0n) is 26.6. The Morgan fingerprint density at radius 1 is 1.00 bits per heavy atom. The number of pyridine rings is 1. The van der Waals surface area contributed by atoms with Crippen LogP contribution in [0.2, 0.25) is 0 Å². The quantitative estimate of drug-likeness (QED) is 0.248. The van der Waals surface area contributed by atoms with Crippen LogP contribution in [-0.4, -0.2) is 65.0 Å². The van der Waals surface area contributed by atoms with E-state index in [0.29, 0.717) is 18.1 Å². The molecule has 0 radical (unpaired) electrons. The number of hydrogen-bond donors (Lipinski definition) is 1. The van der Waals surface area contributed by atoms with Crippen molar-refractivity contribution in [3.8, 4) is 0 Å². The van der Waals surface area contributed by atoms with Gasteiger partial charge in [0.25, 0.3) is 5.91 Å².